The number of anilines is 1. The summed E-state index contributed by atoms with van der Waals surface area (Å²) in [7, 11) is 3.84. The predicted molar refractivity (Wildman–Crippen MR) is 63.9 cm³/mol. The van der Waals surface area contributed by atoms with Crippen molar-refractivity contribution >= 4 is 11.6 Å². The molecule has 0 atom stereocenters. The van der Waals surface area contributed by atoms with Crippen molar-refractivity contribution in [3.63, 3.8) is 0 Å². The van der Waals surface area contributed by atoms with Crippen LogP contribution in [0.25, 0.3) is 5.78 Å². The van der Waals surface area contributed by atoms with Crippen LogP contribution in [0.4, 0.5) is 5.82 Å². The standard InChI is InChI=1S/C11H14N6/c1-7(2)9-8(5-12)15-11-13-6-14-17(11)10(9)16(3)4/h6-7H,1-4H3. The molecule has 0 spiro atoms. The highest BCUT2D eigenvalue weighted by atomic mass is 15.4. The van der Waals surface area contributed by atoms with Crippen molar-refractivity contribution in [2.45, 2.75) is 19.8 Å². The second-order valence-corrected chi connectivity index (χ2v) is 4.33. The topological polar surface area (TPSA) is 70.1 Å². The van der Waals surface area contributed by atoms with E-state index >= 15 is 0 Å². The maximum absolute atomic E-state index is 9.18. The van der Waals surface area contributed by atoms with Gasteiger partial charge in [0, 0.05) is 19.7 Å². The van der Waals surface area contributed by atoms with Gasteiger partial charge in [0.25, 0.3) is 5.78 Å². The van der Waals surface area contributed by atoms with Gasteiger partial charge >= 0.3 is 0 Å². The first-order chi connectivity index (χ1) is 8.06. The molecule has 0 aliphatic carbocycles. The van der Waals surface area contributed by atoms with E-state index in [1.54, 1.807) is 4.52 Å². The summed E-state index contributed by atoms with van der Waals surface area (Å²) in [6.45, 7) is 4.07. The van der Waals surface area contributed by atoms with E-state index in [1.165, 1.54) is 6.33 Å². The molecule has 0 radical (unpaired) electrons. The van der Waals surface area contributed by atoms with Gasteiger partial charge in [-0.15, -0.1) is 0 Å². The number of nitriles is 1. The Kier molecular flexibility index (Phi) is 2.68. The summed E-state index contributed by atoms with van der Waals surface area (Å²) >= 11 is 0. The van der Waals surface area contributed by atoms with Gasteiger partial charge in [0.1, 0.15) is 18.2 Å². The van der Waals surface area contributed by atoms with Gasteiger partial charge in [-0.3, -0.25) is 0 Å². The third-order valence-electron chi connectivity index (χ3n) is 2.55. The molecule has 0 N–H and O–H groups in total. The highest BCUT2D eigenvalue weighted by Crippen LogP contribution is 2.28. The zero-order chi connectivity index (χ0) is 12.6. The number of rotatable bonds is 2. The molecule has 0 amide bonds. The van der Waals surface area contributed by atoms with Crippen LogP contribution in [-0.2, 0) is 0 Å². The Labute approximate surface area is 99.5 Å². The minimum absolute atomic E-state index is 0.197. The molecule has 0 aromatic carbocycles. The van der Waals surface area contributed by atoms with Crippen molar-refractivity contribution in [1.29, 1.82) is 5.26 Å². The Hall–Kier alpha value is -2.16. The van der Waals surface area contributed by atoms with Gasteiger partial charge in [-0.25, -0.2) is 0 Å². The lowest BCUT2D eigenvalue weighted by Crippen LogP contribution is -2.19. The lowest BCUT2D eigenvalue weighted by atomic mass is 10.0. The molecular formula is C11H14N6. The Morgan fingerprint density at radius 2 is 2.12 bits per heavy atom. The fourth-order valence-electron chi connectivity index (χ4n) is 1.89. The smallest absolute Gasteiger partial charge is 0.255 e. The number of fused-ring (bicyclic) bond motifs is 1. The van der Waals surface area contributed by atoms with Crippen LogP contribution in [-0.4, -0.2) is 33.7 Å². The molecule has 0 aliphatic rings. The Balaban J connectivity index is 2.91. The maximum Gasteiger partial charge on any atom is 0.255 e. The van der Waals surface area contributed by atoms with Crippen LogP contribution in [0.3, 0.4) is 0 Å². The van der Waals surface area contributed by atoms with Crippen LogP contribution in [0.15, 0.2) is 6.33 Å². The Morgan fingerprint density at radius 3 is 2.65 bits per heavy atom. The Morgan fingerprint density at radius 1 is 1.41 bits per heavy atom. The molecule has 2 aromatic heterocycles. The third-order valence-corrected chi connectivity index (χ3v) is 2.55. The van der Waals surface area contributed by atoms with E-state index in [1.807, 2.05) is 32.8 Å². The summed E-state index contributed by atoms with van der Waals surface area (Å²) < 4.78 is 1.66. The molecule has 88 valence electrons. The van der Waals surface area contributed by atoms with Crippen LogP contribution in [0.1, 0.15) is 31.0 Å². The van der Waals surface area contributed by atoms with Gasteiger partial charge in [0.2, 0.25) is 0 Å². The first-order valence-electron chi connectivity index (χ1n) is 5.37. The molecule has 0 saturated heterocycles. The molecule has 6 nitrogen and oxygen atoms in total. The fourth-order valence-corrected chi connectivity index (χ4v) is 1.89. The largest absolute Gasteiger partial charge is 0.362 e. The number of nitrogens with zero attached hydrogens (tertiary/aromatic N) is 6. The summed E-state index contributed by atoms with van der Waals surface area (Å²) in [5.41, 5.74) is 1.32. The van der Waals surface area contributed by atoms with E-state index in [0.29, 0.717) is 11.5 Å². The first kappa shape index (κ1) is 11.3. The van der Waals surface area contributed by atoms with Crippen molar-refractivity contribution in [2.24, 2.45) is 0 Å². The molecule has 0 bridgehead atoms. The van der Waals surface area contributed by atoms with E-state index in [2.05, 4.69) is 21.1 Å². The second-order valence-electron chi connectivity index (χ2n) is 4.33. The van der Waals surface area contributed by atoms with Crippen molar-refractivity contribution < 1.29 is 0 Å². The lowest BCUT2D eigenvalue weighted by Gasteiger charge is -2.20. The van der Waals surface area contributed by atoms with Crippen molar-refractivity contribution in [3.05, 3.63) is 17.6 Å². The van der Waals surface area contributed by atoms with E-state index < -0.39 is 0 Å². The summed E-state index contributed by atoms with van der Waals surface area (Å²) in [6, 6.07) is 2.14. The molecule has 0 unspecified atom stereocenters. The monoisotopic (exact) mass is 230 g/mol. The van der Waals surface area contributed by atoms with Crippen molar-refractivity contribution in [3.8, 4) is 6.07 Å². The van der Waals surface area contributed by atoms with Gasteiger partial charge in [0.15, 0.2) is 5.69 Å². The van der Waals surface area contributed by atoms with Gasteiger partial charge < -0.3 is 4.90 Å². The third kappa shape index (κ3) is 1.69. The minimum atomic E-state index is 0.197. The van der Waals surface area contributed by atoms with Crippen LogP contribution in [0.5, 0.6) is 0 Å². The predicted octanol–water partition coefficient (Wildman–Crippen LogP) is 1.19. The van der Waals surface area contributed by atoms with E-state index in [-0.39, 0.29) is 5.92 Å². The van der Waals surface area contributed by atoms with Crippen LogP contribution >= 0.6 is 0 Å². The molecule has 0 aliphatic heterocycles. The lowest BCUT2D eigenvalue weighted by molar-refractivity contribution is 0.798. The summed E-state index contributed by atoms with van der Waals surface area (Å²) in [4.78, 5) is 10.2. The number of hydrogen-bond acceptors (Lipinski definition) is 5. The normalized spacial score (nSPS) is 10.8. The SMILES string of the molecule is CC(C)c1c(C#N)nc2ncnn2c1N(C)C. The van der Waals surface area contributed by atoms with Gasteiger partial charge in [-0.1, -0.05) is 13.8 Å². The summed E-state index contributed by atoms with van der Waals surface area (Å²) in [6.07, 6.45) is 1.45. The van der Waals surface area contributed by atoms with Crippen LogP contribution < -0.4 is 4.90 Å². The molecule has 6 heteroatoms. The second kappa shape index (κ2) is 4.01. The quantitative estimate of drug-likeness (QED) is 0.775. The molecule has 2 rings (SSSR count). The molecule has 0 saturated carbocycles. The fraction of sp³-hybridized carbons (Fsp3) is 0.455. The highest BCUT2D eigenvalue weighted by molar-refractivity contribution is 5.58. The zero-order valence-electron chi connectivity index (χ0n) is 10.3. The van der Waals surface area contributed by atoms with Gasteiger partial charge in [-0.2, -0.15) is 24.8 Å². The summed E-state index contributed by atoms with van der Waals surface area (Å²) in [5.74, 6) is 1.51. The average Bonchev–Trinajstić information content (AvgIpc) is 2.73. The average molecular weight is 230 g/mol. The highest BCUT2D eigenvalue weighted by Gasteiger charge is 2.20. The maximum atomic E-state index is 9.18. The van der Waals surface area contributed by atoms with E-state index in [9.17, 15) is 5.26 Å². The molecule has 0 fully saturated rings. The van der Waals surface area contributed by atoms with Gasteiger partial charge in [-0.05, 0) is 5.92 Å². The summed E-state index contributed by atoms with van der Waals surface area (Å²) in [5, 5.41) is 13.3. The Bertz CT molecular complexity index is 590. The van der Waals surface area contributed by atoms with Crippen LogP contribution in [0.2, 0.25) is 0 Å². The van der Waals surface area contributed by atoms with E-state index in [0.717, 1.165) is 11.4 Å². The zero-order valence-corrected chi connectivity index (χ0v) is 10.3. The molecular weight excluding hydrogens is 216 g/mol. The molecule has 17 heavy (non-hydrogen) atoms. The van der Waals surface area contributed by atoms with E-state index in [4.69, 9.17) is 0 Å². The first-order valence-corrected chi connectivity index (χ1v) is 5.37. The van der Waals surface area contributed by atoms with Gasteiger partial charge in [0.05, 0.1) is 0 Å². The number of hydrogen-bond donors (Lipinski definition) is 0. The molecule has 2 aromatic rings. The number of aromatic nitrogens is 4. The molecule has 2 heterocycles. The van der Waals surface area contributed by atoms with Crippen molar-refractivity contribution in [2.75, 3.05) is 19.0 Å². The minimum Gasteiger partial charge on any atom is -0.362 e. The van der Waals surface area contributed by atoms with Crippen LogP contribution in [0, 0.1) is 11.3 Å². The van der Waals surface area contributed by atoms with Crippen molar-refractivity contribution in [1.82, 2.24) is 19.6 Å².